The van der Waals surface area contributed by atoms with Crippen LogP contribution in [0.15, 0.2) is 0 Å². The van der Waals surface area contributed by atoms with E-state index in [1.54, 1.807) is 6.92 Å². The Morgan fingerprint density at radius 3 is 2.33 bits per heavy atom. The summed E-state index contributed by atoms with van der Waals surface area (Å²) in [6.45, 7) is 1.63. The predicted octanol–water partition coefficient (Wildman–Crippen LogP) is -0.0237. The van der Waals surface area contributed by atoms with E-state index < -0.39 is 12.4 Å². The first kappa shape index (κ1) is 8.04. The molecule has 0 aromatic carbocycles. The van der Waals surface area contributed by atoms with E-state index >= 15 is 0 Å². The first-order valence-electron chi connectivity index (χ1n) is 2.46. The Labute approximate surface area is 54.8 Å². The van der Waals surface area contributed by atoms with Crippen molar-refractivity contribution in [1.82, 2.24) is 0 Å². The van der Waals surface area contributed by atoms with Gasteiger partial charge in [0.1, 0.15) is 6.10 Å². The quantitative estimate of drug-likeness (QED) is 0.414. The van der Waals surface area contributed by atoms with E-state index in [0.29, 0.717) is 0 Å². The van der Waals surface area contributed by atoms with Crippen LogP contribution in [0.2, 0.25) is 0 Å². The van der Waals surface area contributed by atoms with Crippen LogP contribution in [0.5, 0.6) is 0 Å². The second-order valence-electron chi connectivity index (χ2n) is 1.46. The first-order chi connectivity index (χ1) is 4.20. The average Bonchev–Trinajstić information content (AvgIpc) is 1.87. The third-order valence-electron chi connectivity index (χ3n) is 0.710. The van der Waals surface area contributed by atoms with Gasteiger partial charge in [-0.3, -0.25) is 0 Å². The van der Waals surface area contributed by atoms with Gasteiger partial charge in [-0.25, -0.2) is 0 Å². The molecule has 2 unspecified atom stereocenters. The second kappa shape index (κ2) is 3.97. The van der Waals surface area contributed by atoms with Gasteiger partial charge in [-0.15, -0.1) is 12.8 Å². The molecule has 0 aromatic heterocycles. The standard InChI is InChI=1S/C7H8O2/c1-4-6(3)9-7(8)5-2/h1-2,6-8H,3H3. The molecule has 0 fully saturated rings. The highest BCUT2D eigenvalue weighted by Gasteiger charge is 2.01. The molecular weight excluding hydrogens is 116 g/mol. The zero-order valence-electron chi connectivity index (χ0n) is 5.16. The van der Waals surface area contributed by atoms with Crippen LogP contribution in [0.3, 0.4) is 0 Å². The lowest BCUT2D eigenvalue weighted by Crippen LogP contribution is -2.15. The minimum atomic E-state index is -1.18. The van der Waals surface area contributed by atoms with Gasteiger partial charge in [0.05, 0.1) is 0 Å². The number of terminal acetylenes is 2. The smallest absolute Gasteiger partial charge is 0.220 e. The monoisotopic (exact) mass is 124 g/mol. The molecule has 0 aliphatic heterocycles. The largest absolute Gasteiger partial charge is 0.358 e. The summed E-state index contributed by atoms with van der Waals surface area (Å²) in [7, 11) is 0. The molecule has 0 heterocycles. The molecule has 2 atom stereocenters. The van der Waals surface area contributed by atoms with E-state index in [1.807, 2.05) is 5.92 Å². The number of rotatable bonds is 2. The van der Waals surface area contributed by atoms with Crippen LogP contribution in [-0.4, -0.2) is 17.5 Å². The summed E-state index contributed by atoms with van der Waals surface area (Å²) in [6, 6.07) is 0. The second-order valence-corrected chi connectivity index (χ2v) is 1.46. The molecule has 1 N–H and O–H groups in total. The molecule has 2 heteroatoms. The number of aliphatic hydroxyl groups excluding tert-OH is 1. The van der Waals surface area contributed by atoms with E-state index in [-0.39, 0.29) is 0 Å². The van der Waals surface area contributed by atoms with Crippen molar-refractivity contribution in [3.63, 3.8) is 0 Å². The fourth-order valence-corrected chi connectivity index (χ4v) is 0.272. The molecule has 2 nitrogen and oxygen atoms in total. The molecule has 9 heavy (non-hydrogen) atoms. The Morgan fingerprint density at radius 1 is 1.44 bits per heavy atom. The zero-order valence-corrected chi connectivity index (χ0v) is 5.16. The number of hydrogen-bond donors (Lipinski definition) is 1. The van der Waals surface area contributed by atoms with Crippen molar-refractivity contribution >= 4 is 0 Å². The van der Waals surface area contributed by atoms with Gasteiger partial charge in [0.15, 0.2) is 0 Å². The number of aliphatic hydroxyl groups is 1. The van der Waals surface area contributed by atoms with Crippen LogP contribution >= 0.6 is 0 Å². The van der Waals surface area contributed by atoms with Crippen molar-refractivity contribution in [3.8, 4) is 24.7 Å². The maximum Gasteiger partial charge on any atom is 0.220 e. The van der Waals surface area contributed by atoms with E-state index in [0.717, 1.165) is 0 Å². The topological polar surface area (TPSA) is 29.5 Å². The van der Waals surface area contributed by atoms with Crippen LogP contribution in [0.25, 0.3) is 0 Å². The van der Waals surface area contributed by atoms with Crippen LogP contribution in [0.1, 0.15) is 6.92 Å². The summed E-state index contributed by atoms with van der Waals surface area (Å²) in [5.74, 6) is 4.22. The third-order valence-corrected chi connectivity index (χ3v) is 0.710. The van der Waals surface area contributed by atoms with Gasteiger partial charge in [-0.2, -0.15) is 0 Å². The normalized spacial score (nSPS) is 15.1. The molecule has 0 aliphatic carbocycles. The average molecular weight is 124 g/mol. The summed E-state index contributed by atoms with van der Waals surface area (Å²) in [5.41, 5.74) is 0. The molecule has 0 radical (unpaired) electrons. The third kappa shape index (κ3) is 3.61. The van der Waals surface area contributed by atoms with Crippen molar-refractivity contribution in [2.75, 3.05) is 0 Å². The lowest BCUT2D eigenvalue weighted by Gasteiger charge is -2.06. The zero-order chi connectivity index (χ0) is 7.28. The minimum Gasteiger partial charge on any atom is -0.358 e. The van der Waals surface area contributed by atoms with Crippen LogP contribution in [0.4, 0.5) is 0 Å². The first-order valence-corrected chi connectivity index (χ1v) is 2.46. The van der Waals surface area contributed by atoms with E-state index in [4.69, 9.17) is 18.0 Å². The van der Waals surface area contributed by atoms with Crippen molar-refractivity contribution in [2.45, 2.75) is 19.3 Å². The minimum absolute atomic E-state index is 0.434. The van der Waals surface area contributed by atoms with Crippen molar-refractivity contribution < 1.29 is 9.84 Å². The molecule has 0 bridgehead atoms. The van der Waals surface area contributed by atoms with Crippen LogP contribution < -0.4 is 0 Å². The van der Waals surface area contributed by atoms with Gasteiger partial charge < -0.3 is 9.84 Å². The van der Waals surface area contributed by atoms with Crippen molar-refractivity contribution in [3.05, 3.63) is 0 Å². The van der Waals surface area contributed by atoms with E-state index in [2.05, 4.69) is 10.7 Å². The molecule has 0 rings (SSSR count). The Morgan fingerprint density at radius 2 is 2.00 bits per heavy atom. The maximum absolute atomic E-state index is 8.61. The fraction of sp³-hybridized carbons (Fsp3) is 0.429. The summed E-state index contributed by atoms with van der Waals surface area (Å²) in [6.07, 6.45) is 8.08. The van der Waals surface area contributed by atoms with Gasteiger partial charge in [-0.05, 0) is 12.8 Å². The molecule has 0 amide bonds. The van der Waals surface area contributed by atoms with Gasteiger partial charge in [0.25, 0.3) is 0 Å². The summed E-state index contributed by atoms with van der Waals surface area (Å²) in [5, 5.41) is 8.61. The predicted molar refractivity (Wildman–Crippen MR) is 34.2 cm³/mol. The highest BCUT2D eigenvalue weighted by Crippen LogP contribution is 1.91. The molecule has 0 spiro atoms. The molecule has 0 saturated heterocycles. The highest BCUT2D eigenvalue weighted by atomic mass is 16.6. The Bertz CT molecular complexity index is 131. The Hall–Kier alpha value is -0.960. The van der Waals surface area contributed by atoms with Crippen LogP contribution in [-0.2, 0) is 4.74 Å². The van der Waals surface area contributed by atoms with Crippen LogP contribution in [0, 0.1) is 24.7 Å². The molecular formula is C7H8O2. The Kier molecular flexibility index (Phi) is 3.55. The van der Waals surface area contributed by atoms with Crippen molar-refractivity contribution in [2.24, 2.45) is 0 Å². The lowest BCUT2D eigenvalue weighted by atomic mass is 10.4. The van der Waals surface area contributed by atoms with Crippen molar-refractivity contribution in [1.29, 1.82) is 0 Å². The number of ether oxygens (including phenoxy) is 1. The van der Waals surface area contributed by atoms with Gasteiger partial charge in [0, 0.05) is 0 Å². The SMILES string of the molecule is C#CC(C)OC(O)C#C. The van der Waals surface area contributed by atoms with Gasteiger partial charge >= 0.3 is 0 Å². The molecule has 0 aliphatic rings. The number of hydrogen-bond acceptors (Lipinski definition) is 2. The molecule has 0 saturated carbocycles. The lowest BCUT2D eigenvalue weighted by molar-refractivity contribution is -0.0737. The maximum atomic E-state index is 8.61. The van der Waals surface area contributed by atoms with Gasteiger partial charge in [-0.1, -0.05) is 5.92 Å². The summed E-state index contributed by atoms with van der Waals surface area (Å²) in [4.78, 5) is 0. The summed E-state index contributed by atoms with van der Waals surface area (Å²) >= 11 is 0. The van der Waals surface area contributed by atoms with E-state index in [1.165, 1.54) is 0 Å². The fourth-order valence-electron chi connectivity index (χ4n) is 0.272. The Balaban J connectivity index is 3.53. The van der Waals surface area contributed by atoms with Gasteiger partial charge in [0.2, 0.25) is 6.29 Å². The molecule has 48 valence electrons. The molecule has 0 aromatic rings. The van der Waals surface area contributed by atoms with E-state index in [9.17, 15) is 0 Å². The summed E-state index contributed by atoms with van der Waals surface area (Å²) < 4.78 is 4.63. The highest BCUT2D eigenvalue weighted by molar-refractivity contribution is 4.95.